The topological polar surface area (TPSA) is 21.3 Å². The third-order valence-electron chi connectivity index (χ3n) is 4.97. The molecule has 2 aliphatic carbocycles. The van der Waals surface area contributed by atoms with Crippen LogP contribution in [0.4, 0.5) is 0 Å². The van der Waals surface area contributed by atoms with Gasteiger partial charge in [0.25, 0.3) is 0 Å². The Morgan fingerprint density at radius 1 is 1.20 bits per heavy atom. The summed E-state index contributed by atoms with van der Waals surface area (Å²) in [6.07, 6.45) is 5.85. The summed E-state index contributed by atoms with van der Waals surface area (Å²) >= 11 is 0. The molecule has 1 unspecified atom stereocenters. The maximum absolute atomic E-state index is 5.53. The highest BCUT2D eigenvalue weighted by Gasteiger charge is 2.41. The van der Waals surface area contributed by atoms with Crippen LogP contribution in [0.15, 0.2) is 18.2 Å². The van der Waals surface area contributed by atoms with Crippen molar-refractivity contribution in [1.82, 2.24) is 5.32 Å². The van der Waals surface area contributed by atoms with Gasteiger partial charge in [0.05, 0.1) is 7.11 Å². The van der Waals surface area contributed by atoms with E-state index in [1.54, 1.807) is 7.11 Å². The minimum atomic E-state index is 0.366. The molecule has 2 heteroatoms. The van der Waals surface area contributed by atoms with Crippen LogP contribution in [0.1, 0.15) is 49.8 Å². The molecule has 1 atom stereocenters. The highest BCUT2D eigenvalue weighted by atomic mass is 16.5. The van der Waals surface area contributed by atoms with Crippen molar-refractivity contribution in [2.24, 2.45) is 17.8 Å². The first-order valence-corrected chi connectivity index (χ1v) is 8.07. The molecule has 0 aromatic heterocycles. The first kappa shape index (κ1) is 13.9. The van der Waals surface area contributed by atoms with Gasteiger partial charge in [-0.1, -0.05) is 12.1 Å². The molecule has 0 saturated heterocycles. The van der Waals surface area contributed by atoms with Crippen molar-refractivity contribution in [3.8, 4) is 5.75 Å². The molecular weight excluding hydrogens is 246 g/mol. The number of aryl methyl sites for hydroxylation is 1. The fourth-order valence-corrected chi connectivity index (χ4v) is 3.37. The third kappa shape index (κ3) is 3.17. The first-order valence-electron chi connectivity index (χ1n) is 8.07. The number of hydrogen-bond donors (Lipinski definition) is 1. The summed E-state index contributed by atoms with van der Waals surface area (Å²) in [4.78, 5) is 0. The summed E-state index contributed by atoms with van der Waals surface area (Å²) in [7, 11) is 1.77. The Hall–Kier alpha value is -1.02. The van der Waals surface area contributed by atoms with E-state index in [0.29, 0.717) is 6.04 Å². The Kier molecular flexibility index (Phi) is 4.02. The maximum Gasteiger partial charge on any atom is 0.123 e. The molecule has 0 spiro atoms. The van der Waals surface area contributed by atoms with Crippen molar-refractivity contribution < 1.29 is 4.74 Å². The fraction of sp³-hybridized carbons (Fsp3) is 0.667. The van der Waals surface area contributed by atoms with Gasteiger partial charge in [-0.05, 0) is 75.5 Å². The van der Waals surface area contributed by atoms with E-state index in [1.165, 1.54) is 43.4 Å². The molecule has 0 heterocycles. The van der Waals surface area contributed by atoms with E-state index in [9.17, 15) is 0 Å². The molecule has 0 amide bonds. The van der Waals surface area contributed by atoms with Crippen LogP contribution in [0.25, 0.3) is 0 Å². The van der Waals surface area contributed by atoms with Crippen molar-refractivity contribution >= 4 is 0 Å². The second kappa shape index (κ2) is 5.77. The predicted octanol–water partition coefficient (Wildman–Crippen LogP) is 4.09. The van der Waals surface area contributed by atoms with Crippen LogP contribution < -0.4 is 10.1 Å². The van der Waals surface area contributed by atoms with Gasteiger partial charge in [0.1, 0.15) is 5.75 Å². The zero-order chi connectivity index (χ0) is 14.1. The van der Waals surface area contributed by atoms with Gasteiger partial charge in [0.2, 0.25) is 0 Å². The third-order valence-corrected chi connectivity index (χ3v) is 4.97. The van der Waals surface area contributed by atoms with Crippen molar-refractivity contribution in [2.45, 2.75) is 45.6 Å². The lowest BCUT2D eigenvalue weighted by atomic mass is 9.97. The van der Waals surface area contributed by atoms with Gasteiger partial charge < -0.3 is 10.1 Å². The van der Waals surface area contributed by atoms with Crippen LogP contribution in [0.2, 0.25) is 0 Å². The Morgan fingerprint density at radius 3 is 2.40 bits per heavy atom. The van der Waals surface area contributed by atoms with Gasteiger partial charge in [0.15, 0.2) is 0 Å². The summed E-state index contributed by atoms with van der Waals surface area (Å²) in [5, 5.41) is 3.76. The Bertz CT molecular complexity index is 450. The molecule has 20 heavy (non-hydrogen) atoms. The fourth-order valence-electron chi connectivity index (χ4n) is 3.37. The van der Waals surface area contributed by atoms with E-state index >= 15 is 0 Å². The van der Waals surface area contributed by atoms with E-state index in [4.69, 9.17) is 4.74 Å². The normalized spacial score (nSPS) is 20.2. The molecule has 1 N–H and O–H groups in total. The summed E-state index contributed by atoms with van der Waals surface area (Å²) in [5.41, 5.74) is 2.54. The molecule has 2 aliphatic rings. The maximum atomic E-state index is 5.53. The minimum absolute atomic E-state index is 0.366. The van der Waals surface area contributed by atoms with Crippen LogP contribution >= 0.6 is 0 Å². The number of methoxy groups -OCH3 is 1. The molecule has 0 radical (unpaired) electrons. The van der Waals surface area contributed by atoms with Crippen molar-refractivity contribution in [3.05, 3.63) is 29.3 Å². The Morgan fingerprint density at radius 2 is 1.85 bits per heavy atom. The number of benzene rings is 1. The van der Waals surface area contributed by atoms with Gasteiger partial charge in [-0.2, -0.15) is 0 Å². The highest BCUT2D eigenvalue weighted by molar-refractivity contribution is 5.39. The summed E-state index contributed by atoms with van der Waals surface area (Å²) in [5.74, 6) is 3.97. The van der Waals surface area contributed by atoms with E-state index in [-0.39, 0.29) is 0 Å². The Labute approximate surface area is 122 Å². The SMILES string of the molecule is COc1cc(C)ccc1C(C)NCC(C1CC1)C1CC1. The smallest absolute Gasteiger partial charge is 0.123 e. The molecule has 2 nitrogen and oxygen atoms in total. The molecule has 1 aromatic rings. The standard InChI is InChI=1S/C18H27NO/c1-12-4-9-16(18(10-12)20-3)13(2)19-11-17(14-5-6-14)15-7-8-15/h4,9-10,13-15,17,19H,5-8,11H2,1-3H3. The monoisotopic (exact) mass is 273 g/mol. The van der Waals surface area contributed by atoms with Crippen LogP contribution in [-0.4, -0.2) is 13.7 Å². The number of hydrogen-bond acceptors (Lipinski definition) is 2. The second-order valence-electron chi connectivity index (χ2n) is 6.71. The number of nitrogens with one attached hydrogen (secondary N) is 1. The summed E-state index contributed by atoms with van der Waals surface area (Å²) < 4.78 is 5.53. The summed E-state index contributed by atoms with van der Waals surface area (Å²) in [6, 6.07) is 6.88. The largest absolute Gasteiger partial charge is 0.496 e. The highest BCUT2D eigenvalue weighted by Crippen LogP contribution is 2.49. The van der Waals surface area contributed by atoms with Gasteiger partial charge in [-0.15, -0.1) is 0 Å². The molecule has 3 rings (SSSR count). The quantitative estimate of drug-likeness (QED) is 0.808. The molecular formula is C18H27NO. The predicted molar refractivity (Wildman–Crippen MR) is 83.1 cm³/mol. The molecule has 1 aromatic carbocycles. The zero-order valence-corrected chi connectivity index (χ0v) is 13.0. The van der Waals surface area contributed by atoms with E-state index in [1.807, 2.05) is 0 Å². The van der Waals surface area contributed by atoms with Gasteiger partial charge in [0, 0.05) is 11.6 Å². The van der Waals surface area contributed by atoms with Gasteiger partial charge in [-0.25, -0.2) is 0 Å². The first-order chi connectivity index (χ1) is 9.69. The van der Waals surface area contributed by atoms with E-state index in [2.05, 4.69) is 37.4 Å². The molecule has 0 aliphatic heterocycles. The van der Waals surface area contributed by atoms with Crippen molar-refractivity contribution in [1.29, 1.82) is 0 Å². The van der Waals surface area contributed by atoms with Crippen LogP contribution in [0.3, 0.4) is 0 Å². The second-order valence-corrected chi connectivity index (χ2v) is 6.71. The zero-order valence-electron chi connectivity index (χ0n) is 13.0. The Balaban J connectivity index is 1.62. The average molecular weight is 273 g/mol. The van der Waals surface area contributed by atoms with Crippen LogP contribution in [0.5, 0.6) is 5.75 Å². The number of rotatable bonds is 7. The summed E-state index contributed by atoms with van der Waals surface area (Å²) in [6.45, 7) is 5.54. The minimum Gasteiger partial charge on any atom is -0.496 e. The number of ether oxygens (including phenoxy) is 1. The average Bonchev–Trinajstić information content (AvgIpc) is 3.31. The molecule has 2 saturated carbocycles. The van der Waals surface area contributed by atoms with E-state index < -0.39 is 0 Å². The van der Waals surface area contributed by atoms with E-state index in [0.717, 1.165) is 23.5 Å². The molecule has 110 valence electrons. The van der Waals surface area contributed by atoms with Crippen LogP contribution in [-0.2, 0) is 0 Å². The van der Waals surface area contributed by atoms with Crippen molar-refractivity contribution in [3.63, 3.8) is 0 Å². The molecule has 2 fully saturated rings. The lowest BCUT2D eigenvalue weighted by Gasteiger charge is -2.22. The lowest BCUT2D eigenvalue weighted by molar-refractivity contribution is 0.355. The van der Waals surface area contributed by atoms with Gasteiger partial charge >= 0.3 is 0 Å². The van der Waals surface area contributed by atoms with Crippen LogP contribution in [0, 0.1) is 24.7 Å². The van der Waals surface area contributed by atoms with Crippen molar-refractivity contribution in [2.75, 3.05) is 13.7 Å². The lowest BCUT2D eigenvalue weighted by Crippen LogP contribution is -2.28. The molecule has 0 bridgehead atoms. The van der Waals surface area contributed by atoms with Gasteiger partial charge in [-0.3, -0.25) is 0 Å².